The second kappa shape index (κ2) is 10.6. The summed E-state index contributed by atoms with van der Waals surface area (Å²) in [4.78, 5) is 24.9. The molecule has 2 N–H and O–H groups in total. The van der Waals surface area contributed by atoms with E-state index < -0.39 is 0 Å². The van der Waals surface area contributed by atoms with Gasteiger partial charge in [-0.25, -0.2) is 0 Å². The lowest BCUT2D eigenvalue weighted by atomic mass is 9.98. The van der Waals surface area contributed by atoms with Crippen molar-refractivity contribution in [3.8, 4) is 11.1 Å². The van der Waals surface area contributed by atoms with E-state index in [1.165, 1.54) is 6.26 Å². The predicted molar refractivity (Wildman–Crippen MR) is 137 cm³/mol. The van der Waals surface area contributed by atoms with Gasteiger partial charge in [0.05, 0.1) is 12.8 Å². The summed E-state index contributed by atoms with van der Waals surface area (Å²) >= 11 is 0. The van der Waals surface area contributed by atoms with Crippen molar-refractivity contribution < 1.29 is 14.0 Å². The number of hydrogen-bond donors (Lipinski definition) is 2. The Bertz CT molecular complexity index is 1440. The molecule has 0 saturated heterocycles. The number of benzene rings is 3. The first-order valence-corrected chi connectivity index (χ1v) is 11.5. The topological polar surface area (TPSA) is 89.2 Å². The molecule has 0 unspecified atom stereocenters. The van der Waals surface area contributed by atoms with Gasteiger partial charge in [-0.2, -0.15) is 5.10 Å². The van der Waals surface area contributed by atoms with E-state index in [0.29, 0.717) is 17.8 Å². The lowest BCUT2D eigenvalue weighted by molar-refractivity contribution is 0.0950. The van der Waals surface area contributed by atoms with Crippen LogP contribution < -0.4 is 10.6 Å². The summed E-state index contributed by atoms with van der Waals surface area (Å²) < 4.78 is 6.98. The molecular weight excluding hydrogens is 452 g/mol. The van der Waals surface area contributed by atoms with Gasteiger partial charge in [0.2, 0.25) is 0 Å². The van der Waals surface area contributed by atoms with Crippen LogP contribution in [0.2, 0.25) is 0 Å². The number of nitrogens with one attached hydrogen (secondary N) is 2. The van der Waals surface area contributed by atoms with Crippen molar-refractivity contribution in [1.82, 2.24) is 15.1 Å². The minimum Gasteiger partial charge on any atom is -0.459 e. The molecule has 7 nitrogen and oxygen atoms in total. The van der Waals surface area contributed by atoms with Crippen LogP contribution in [0.15, 0.2) is 114 Å². The van der Waals surface area contributed by atoms with Crippen molar-refractivity contribution in [2.75, 3.05) is 5.32 Å². The molecule has 2 amide bonds. The lowest BCUT2D eigenvalue weighted by Gasteiger charge is -2.12. The van der Waals surface area contributed by atoms with E-state index in [9.17, 15) is 9.59 Å². The Kier molecular flexibility index (Phi) is 6.71. The van der Waals surface area contributed by atoms with Crippen LogP contribution in [-0.2, 0) is 13.1 Å². The first-order chi connectivity index (χ1) is 17.7. The fraction of sp³-hybridized carbons (Fsp3) is 0.0690. The van der Waals surface area contributed by atoms with E-state index >= 15 is 0 Å². The van der Waals surface area contributed by atoms with E-state index in [2.05, 4.69) is 46.1 Å². The van der Waals surface area contributed by atoms with Gasteiger partial charge in [0.1, 0.15) is 0 Å². The van der Waals surface area contributed by atoms with Gasteiger partial charge in [-0.05, 0) is 64.7 Å². The fourth-order valence-electron chi connectivity index (χ4n) is 3.91. The normalized spacial score (nSPS) is 10.7. The second-order valence-electron chi connectivity index (χ2n) is 8.25. The van der Waals surface area contributed by atoms with Crippen LogP contribution in [0.4, 0.5) is 5.69 Å². The van der Waals surface area contributed by atoms with Crippen LogP contribution in [-0.4, -0.2) is 21.6 Å². The van der Waals surface area contributed by atoms with Gasteiger partial charge in [-0.3, -0.25) is 14.3 Å². The van der Waals surface area contributed by atoms with Gasteiger partial charge in [-0.15, -0.1) is 0 Å². The molecule has 0 aliphatic carbocycles. The van der Waals surface area contributed by atoms with E-state index in [1.54, 1.807) is 42.6 Å². The maximum absolute atomic E-state index is 12.8. The molecule has 2 aromatic heterocycles. The van der Waals surface area contributed by atoms with Crippen LogP contribution in [0.3, 0.4) is 0 Å². The Hall–Kier alpha value is -4.91. The minimum atomic E-state index is -0.344. The van der Waals surface area contributed by atoms with Crippen LogP contribution in [0, 0.1) is 0 Å². The van der Waals surface area contributed by atoms with Crippen molar-refractivity contribution in [3.05, 3.63) is 132 Å². The van der Waals surface area contributed by atoms with E-state index in [0.717, 1.165) is 28.8 Å². The summed E-state index contributed by atoms with van der Waals surface area (Å²) in [7, 11) is 0. The number of furan rings is 1. The maximum atomic E-state index is 12.8. The van der Waals surface area contributed by atoms with Crippen molar-refractivity contribution in [1.29, 1.82) is 0 Å². The SMILES string of the molecule is O=C(NCc1ccccc1-c1ccc(Cn2cccn2)cc1)c1ccc(NC(=O)c2ccco2)cc1. The van der Waals surface area contributed by atoms with Gasteiger partial charge >= 0.3 is 0 Å². The Morgan fingerprint density at radius 1 is 0.833 bits per heavy atom. The highest BCUT2D eigenvalue weighted by molar-refractivity contribution is 6.02. The standard InChI is InChI=1S/C29H24N4O3/c34-28(23-12-14-25(15-13-23)32-29(35)27-7-3-18-36-27)30-19-24-5-1-2-6-26(24)22-10-8-21(9-11-22)20-33-17-4-16-31-33/h1-18H,19-20H2,(H,30,34)(H,32,35). The monoisotopic (exact) mass is 476 g/mol. The number of aromatic nitrogens is 2. The summed E-state index contributed by atoms with van der Waals surface area (Å²) in [5.41, 5.74) is 5.42. The molecule has 0 atom stereocenters. The Morgan fingerprint density at radius 3 is 2.36 bits per heavy atom. The Balaban J connectivity index is 1.21. The molecule has 178 valence electrons. The number of carbonyl (C=O) groups is 2. The molecule has 0 bridgehead atoms. The predicted octanol–water partition coefficient (Wildman–Crippen LogP) is 5.37. The van der Waals surface area contributed by atoms with Gasteiger partial charge in [0, 0.05) is 30.2 Å². The molecule has 0 fully saturated rings. The Labute approximate surface area is 208 Å². The molecular formula is C29H24N4O3. The van der Waals surface area contributed by atoms with Crippen molar-refractivity contribution >= 4 is 17.5 Å². The zero-order valence-corrected chi connectivity index (χ0v) is 19.4. The lowest BCUT2D eigenvalue weighted by Crippen LogP contribution is -2.23. The molecule has 0 spiro atoms. The summed E-state index contributed by atoms with van der Waals surface area (Å²) in [6.07, 6.45) is 5.16. The van der Waals surface area contributed by atoms with Crippen LogP contribution in [0.5, 0.6) is 0 Å². The number of hydrogen-bond acceptors (Lipinski definition) is 4. The quantitative estimate of drug-likeness (QED) is 0.315. The van der Waals surface area contributed by atoms with Crippen molar-refractivity contribution in [2.24, 2.45) is 0 Å². The first kappa shape index (κ1) is 22.9. The molecule has 0 aliphatic rings. The highest BCUT2D eigenvalue weighted by Gasteiger charge is 2.11. The maximum Gasteiger partial charge on any atom is 0.291 e. The van der Waals surface area contributed by atoms with Gasteiger partial charge in [0.25, 0.3) is 11.8 Å². The van der Waals surface area contributed by atoms with E-state index in [1.807, 2.05) is 35.1 Å². The summed E-state index contributed by atoms with van der Waals surface area (Å²) in [5, 5.41) is 9.99. The average Bonchev–Trinajstić information content (AvgIpc) is 3.63. The zero-order chi connectivity index (χ0) is 24.7. The zero-order valence-electron chi connectivity index (χ0n) is 19.4. The van der Waals surface area contributed by atoms with Crippen LogP contribution in [0.1, 0.15) is 32.0 Å². The van der Waals surface area contributed by atoms with Crippen LogP contribution >= 0.6 is 0 Å². The van der Waals surface area contributed by atoms with Crippen molar-refractivity contribution in [2.45, 2.75) is 13.1 Å². The largest absolute Gasteiger partial charge is 0.459 e. The molecule has 7 heteroatoms. The number of anilines is 1. The van der Waals surface area contributed by atoms with Gasteiger partial charge in [0.15, 0.2) is 5.76 Å². The molecule has 0 radical (unpaired) electrons. The smallest absolute Gasteiger partial charge is 0.291 e. The molecule has 0 aliphatic heterocycles. The molecule has 5 rings (SSSR count). The molecule has 3 aromatic carbocycles. The third-order valence-corrected chi connectivity index (χ3v) is 5.78. The molecule has 0 saturated carbocycles. The highest BCUT2D eigenvalue weighted by atomic mass is 16.3. The third-order valence-electron chi connectivity index (χ3n) is 5.78. The Morgan fingerprint density at radius 2 is 1.64 bits per heavy atom. The van der Waals surface area contributed by atoms with Gasteiger partial charge < -0.3 is 15.1 Å². The molecule has 36 heavy (non-hydrogen) atoms. The van der Waals surface area contributed by atoms with E-state index in [-0.39, 0.29) is 17.6 Å². The summed E-state index contributed by atoms with van der Waals surface area (Å²) in [6, 6.07) is 28.3. The third kappa shape index (κ3) is 5.42. The number of rotatable bonds is 8. The summed E-state index contributed by atoms with van der Waals surface area (Å²) in [5.74, 6) is -0.311. The number of nitrogens with zero attached hydrogens (tertiary/aromatic N) is 2. The molecule has 2 heterocycles. The minimum absolute atomic E-state index is 0.191. The highest BCUT2D eigenvalue weighted by Crippen LogP contribution is 2.24. The number of amides is 2. The fourth-order valence-corrected chi connectivity index (χ4v) is 3.91. The summed E-state index contributed by atoms with van der Waals surface area (Å²) in [6.45, 7) is 1.11. The van der Waals surface area contributed by atoms with Gasteiger partial charge in [-0.1, -0.05) is 48.5 Å². The van der Waals surface area contributed by atoms with Crippen LogP contribution in [0.25, 0.3) is 11.1 Å². The van der Waals surface area contributed by atoms with E-state index in [4.69, 9.17) is 4.42 Å². The first-order valence-electron chi connectivity index (χ1n) is 11.5. The number of carbonyl (C=O) groups excluding carboxylic acids is 2. The second-order valence-corrected chi connectivity index (χ2v) is 8.25. The van der Waals surface area contributed by atoms with Crippen molar-refractivity contribution in [3.63, 3.8) is 0 Å². The average molecular weight is 477 g/mol. The molecule has 5 aromatic rings.